The maximum absolute atomic E-state index is 8.29. The summed E-state index contributed by atoms with van der Waals surface area (Å²) in [5.74, 6) is 0.111. The number of hydrogen-bond donors (Lipinski definition) is 3. The Morgan fingerprint density at radius 1 is 1.69 bits per heavy atom. The summed E-state index contributed by atoms with van der Waals surface area (Å²) in [6.45, 7) is 1.12. The molecular weight excluding hydrogens is 172 g/mol. The molecule has 7 heteroatoms. The minimum absolute atomic E-state index is 0.111. The van der Waals surface area contributed by atoms with E-state index in [0.717, 1.165) is 0 Å². The average Bonchev–Trinajstić information content (AvgIpc) is 2.53. The summed E-state index contributed by atoms with van der Waals surface area (Å²) in [7, 11) is 0. The molecule has 5 N–H and O–H groups in total. The maximum atomic E-state index is 8.29. The normalized spacial score (nSPS) is 11.9. The van der Waals surface area contributed by atoms with Crippen LogP contribution in [-0.4, -0.2) is 32.6 Å². The van der Waals surface area contributed by atoms with E-state index in [-0.39, 0.29) is 5.84 Å². The molecular formula is C6H12N6O. The topological polar surface area (TPSA) is 115 Å². The first-order valence-electron chi connectivity index (χ1n) is 3.81. The second-order valence-electron chi connectivity index (χ2n) is 2.53. The summed E-state index contributed by atoms with van der Waals surface area (Å²) in [6, 6.07) is 0. The Kier molecular flexibility index (Phi) is 3.21. The summed E-state index contributed by atoms with van der Waals surface area (Å²) in [6.07, 6.45) is 2.01. The van der Waals surface area contributed by atoms with Crippen molar-refractivity contribution in [1.29, 1.82) is 0 Å². The van der Waals surface area contributed by atoms with Crippen molar-refractivity contribution in [2.24, 2.45) is 16.6 Å². The molecule has 0 saturated carbocycles. The first kappa shape index (κ1) is 9.46. The van der Waals surface area contributed by atoms with Gasteiger partial charge in [0.15, 0.2) is 0 Å². The van der Waals surface area contributed by atoms with Gasteiger partial charge in [0.25, 0.3) is 0 Å². The highest BCUT2D eigenvalue weighted by molar-refractivity contribution is 5.81. The Morgan fingerprint density at radius 3 is 3.08 bits per heavy atom. The van der Waals surface area contributed by atoms with Crippen LogP contribution in [-0.2, 0) is 13.0 Å². The van der Waals surface area contributed by atoms with Crippen molar-refractivity contribution in [1.82, 2.24) is 15.0 Å². The zero-order valence-corrected chi connectivity index (χ0v) is 7.09. The van der Waals surface area contributed by atoms with Crippen molar-refractivity contribution in [3.8, 4) is 0 Å². The van der Waals surface area contributed by atoms with E-state index in [1.165, 1.54) is 0 Å². The molecule has 1 aromatic heterocycles. The molecule has 0 amide bonds. The van der Waals surface area contributed by atoms with Crippen LogP contribution in [0.25, 0.3) is 0 Å². The predicted octanol–water partition coefficient (Wildman–Crippen LogP) is -1.47. The quantitative estimate of drug-likeness (QED) is 0.228. The third kappa shape index (κ3) is 2.71. The van der Waals surface area contributed by atoms with E-state index in [2.05, 4.69) is 15.5 Å². The van der Waals surface area contributed by atoms with Crippen LogP contribution in [0.5, 0.6) is 0 Å². The highest BCUT2D eigenvalue weighted by atomic mass is 16.4. The van der Waals surface area contributed by atoms with Crippen molar-refractivity contribution in [2.75, 3.05) is 6.54 Å². The monoisotopic (exact) mass is 184 g/mol. The Hall–Kier alpha value is -1.63. The molecule has 0 unspecified atom stereocenters. The number of nitrogens with two attached hydrogens (primary N) is 2. The summed E-state index contributed by atoms with van der Waals surface area (Å²) in [4.78, 5) is 0. The van der Waals surface area contributed by atoms with E-state index >= 15 is 0 Å². The van der Waals surface area contributed by atoms with Crippen LogP contribution in [0, 0.1) is 0 Å². The van der Waals surface area contributed by atoms with Gasteiger partial charge >= 0.3 is 0 Å². The number of aromatic nitrogens is 3. The van der Waals surface area contributed by atoms with Gasteiger partial charge in [-0.15, -0.1) is 5.10 Å². The molecule has 0 saturated heterocycles. The Labute approximate surface area is 75.0 Å². The van der Waals surface area contributed by atoms with E-state index in [0.29, 0.717) is 25.2 Å². The molecule has 0 fully saturated rings. The van der Waals surface area contributed by atoms with Crippen molar-refractivity contribution in [3.05, 3.63) is 11.9 Å². The Balaban J connectivity index is 2.58. The zero-order valence-electron chi connectivity index (χ0n) is 7.09. The van der Waals surface area contributed by atoms with Crippen LogP contribution >= 0.6 is 0 Å². The summed E-state index contributed by atoms with van der Waals surface area (Å²) in [5, 5.41) is 18.7. The van der Waals surface area contributed by atoms with Gasteiger partial charge in [0.05, 0.1) is 18.7 Å². The van der Waals surface area contributed by atoms with Gasteiger partial charge < -0.3 is 16.7 Å². The SMILES string of the molecule is NCCn1cc(C/C(N)=N\O)nn1. The lowest BCUT2D eigenvalue weighted by atomic mass is 10.3. The van der Waals surface area contributed by atoms with Gasteiger partial charge in [0.2, 0.25) is 0 Å². The maximum Gasteiger partial charge on any atom is 0.145 e. The smallest absolute Gasteiger partial charge is 0.145 e. The molecule has 0 aromatic carbocycles. The molecule has 0 aliphatic carbocycles. The highest BCUT2D eigenvalue weighted by Gasteiger charge is 2.02. The molecule has 1 rings (SSSR count). The lowest BCUT2D eigenvalue weighted by Crippen LogP contribution is -2.14. The van der Waals surface area contributed by atoms with Crippen molar-refractivity contribution >= 4 is 5.84 Å². The Morgan fingerprint density at radius 2 is 2.46 bits per heavy atom. The van der Waals surface area contributed by atoms with Crippen LogP contribution in [0.2, 0.25) is 0 Å². The molecule has 0 bridgehead atoms. The number of amidine groups is 1. The molecule has 0 atom stereocenters. The van der Waals surface area contributed by atoms with Gasteiger partial charge in [-0.05, 0) is 0 Å². The third-order valence-electron chi connectivity index (χ3n) is 1.43. The molecule has 1 aromatic rings. The van der Waals surface area contributed by atoms with E-state index in [1.54, 1.807) is 10.9 Å². The van der Waals surface area contributed by atoms with Gasteiger partial charge in [0, 0.05) is 12.7 Å². The van der Waals surface area contributed by atoms with Crippen molar-refractivity contribution in [3.63, 3.8) is 0 Å². The van der Waals surface area contributed by atoms with Crippen LogP contribution < -0.4 is 11.5 Å². The summed E-state index contributed by atoms with van der Waals surface area (Å²) >= 11 is 0. The molecule has 1 heterocycles. The standard InChI is InChI=1S/C6H12N6O/c7-1-2-12-4-5(9-11-12)3-6(8)10-13/h4,13H,1-3,7H2,(H2,8,10). The number of hydrogen-bond acceptors (Lipinski definition) is 5. The molecule has 0 radical (unpaired) electrons. The number of oxime groups is 1. The van der Waals surface area contributed by atoms with Gasteiger partial charge in [-0.3, -0.25) is 4.68 Å². The molecule has 7 nitrogen and oxygen atoms in total. The fourth-order valence-corrected chi connectivity index (χ4v) is 0.882. The molecule has 13 heavy (non-hydrogen) atoms. The first-order valence-corrected chi connectivity index (χ1v) is 3.81. The lowest BCUT2D eigenvalue weighted by Gasteiger charge is -1.93. The van der Waals surface area contributed by atoms with Crippen LogP contribution in [0.3, 0.4) is 0 Å². The lowest BCUT2D eigenvalue weighted by molar-refractivity contribution is 0.317. The van der Waals surface area contributed by atoms with Gasteiger partial charge in [-0.2, -0.15) is 0 Å². The minimum atomic E-state index is 0.111. The molecule has 0 spiro atoms. The zero-order chi connectivity index (χ0) is 9.68. The van der Waals surface area contributed by atoms with Gasteiger partial charge in [-0.1, -0.05) is 10.4 Å². The number of rotatable bonds is 4. The second kappa shape index (κ2) is 4.41. The first-order chi connectivity index (χ1) is 6.26. The minimum Gasteiger partial charge on any atom is -0.409 e. The fraction of sp³-hybridized carbons (Fsp3) is 0.500. The van der Waals surface area contributed by atoms with E-state index in [1.807, 2.05) is 0 Å². The molecule has 0 aliphatic rings. The predicted molar refractivity (Wildman–Crippen MR) is 46.2 cm³/mol. The second-order valence-corrected chi connectivity index (χ2v) is 2.53. The van der Waals surface area contributed by atoms with E-state index in [4.69, 9.17) is 16.7 Å². The third-order valence-corrected chi connectivity index (χ3v) is 1.43. The van der Waals surface area contributed by atoms with Gasteiger partial charge in [0.1, 0.15) is 5.84 Å². The van der Waals surface area contributed by atoms with E-state index in [9.17, 15) is 0 Å². The molecule has 0 aliphatic heterocycles. The van der Waals surface area contributed by atoms with Crippen molar-refractivity contribution < 1.29 is 5.21 Å². The fourth-order valence-electron chi connectivity index (χ4n) is 0.882. The number of nitrogens with zero attached hydrogens (tertiary/aromatic N) is 4. The van der Waals surface area contributed by atoms with Crippen LogP contribution in [0.4, 0.5) is 0 Å². The van der Waals surface area contributed by atoms with Crippen LogP contribution in [0.15, 0.2) is 11.4 Å². The van der Waals surface area contributed by atoms with Gasteiger partial charge in [-0.25, -0.2) is 0 Å². The summed E-state index contributed by atoms with van der Waals surface area (Å²) < 4.78 is 1.61. The van der Waals surface area contributed by atoms with E-state index < -0.39 is 0 Å². The van der Waals surface area contributed by atoms with Crippen LogP contribution in [0.1, 0.15) is 5.69 Å². The summed E-state index contributed by atoms with van der Waals surface area (Å²) in [5.41, 5.74) is 11.3. The van der Waals surface area contributed by atoms with Crippen molar-refractivity contribution in [2.45, 2.75) is 13.0 Å². The average molecular weight is 184 g/mol. The largest absolute Gasteiger partial charge is 0.409 e. The molecule has 72 valence electrons. The Bertz CT molecular complexity index is 293. The highest BCUT2D eigenvalue weighted by Crippen LogP contribution is 1.93.